The fourth-order valence-electron chi connectivity index (χ4n) is 2.27. The molecule has 1 heterocycles. The summed E-state index contributed by atoms with van der Waals surface area (Å²) in [7, 11) is -2.87. The second kappa shape index (κ2) is 5.27. The van der Waals surface area contributed by atoms with Crippen molar-refractivity contribution >= 4 is 21.6 Å². The van der Waals surface area contributed by atoms with Crippen LogP contribution in [0.5, 0.6) is 0 Å². The summed E-state index contributed by atoms with van der Waals surface area (Å²) in [4.78, 5) is 0. The van der Waals surface area contributed by atoms with Crippen molar-refractivity contribution in [2.45, 2.75) is 39.3 Å². The molecule has 3 nitrogen and oxygen atoms in total. The Balaban J connectivity index is 2.42. The molecular weight excluding hydrogens is 242 g/mol. The fourth-order valence-corrected chi connectivity index (χ4v) is 4.57. The molecule has 2 unspecified atom stereocenters. The minimum atomic E-state index is -2.87. The first kappa shape index (κ1) is 14.3. The van der Waals surface area contributed by atoms with Gasteiger partial charge in [-0.05, 0) is 24.5 Å². The van der Waals surface area contributed by atoms with Crippen LogP contribution in [0.3, 0.4) is 0 Å². The zero-order valence-corrected chi connectivity index (χ0v) is 12.2. The molecule has 0 spiro atoms. The van der Waals surface area contributed by atoms with Gasteiger partial charge in [0.2, 0.25) is 0 Å². The Kier molecular flexibility index (Phi) is 4.72. The summed E-state index contributed by atoms with van der Waals surface area (Å²) < 4.78 is 22.3. The van der Waals surface area contributed by atoms with E-state index in [0.717, 1.165) is 12.2 Å². The molecule has 16 heavy (non-hydrogen) atoms. The average Bonchev–Trinajstić information content (AvgIpc) is 1.96. The van der Waals surface area contributed by atoms with Crippen LogP contribution in [0.1, 0.15) is 27.2 Å². The highest BCUT2D eigenvalue weighted by molar-refractivity contribution is 7.99. The fraction of sp³-hybridized carbons (Fsp3) is 1.00. The van der Waals surface area contributed by atoms with Crippen LogP contribution in [0.15, 0.2) is 0 Å². The van der Waals surface area contributed by atoms with E-state index < -0.39 is 9.84 Å². The SMILES string of the molecule is CC(CS(C)(=O)=O)NC1CSCC(C)(C)C1. The average molecular weight is 265 g/mol. The highest BCUT2D eigenvalue weighted by atomic mass is 32.2. The number of thioether (sulfide) groups is 1. The number of sulfone groups is 1. The van der Waals surface area contributed by atoms with Gasteiger partial charge >= 0.3 is 0 Å². The third kappa shape index (κ3) is 5.55. The molecule has 1 aliphatic heterocycles. The first-order valence-corrected chi connectivity index (χ1v) is 8.91. The number of nitrogens with one attached hydrogen (secondary N) is 1. The maximum absolute atomic E-state index is 11.2. The molecule has 0 amide bonds. The first-order chi connectivity index (χ1) is 7.18. The molecule has 0 aliphatic carbocycles. The van der Waals surface area contributed by atoms with Crippen LogP contribution in [0.4, 0.5) is 0 Å². The van der Waals surface area contributed by atoms with Crippen LogP contribution in [0, 0.1) is 5.41 Å². The van der Waals surface area contributed by atoms with E-state index in [2.05, 4.69) is 19.2 Å². The first-order valence-electron chi connectivity index (χ1n) is 5.69. The summed E-state index contributed by atoms with van der Waals surface area (Å²) in [5, 5.41) is 3.43. The van der Waals surface area contributed by atoms with Gasteiger partial charge in [-0.3, -0.25) is 0 Å². The van der Waals surface area contributed by atoms with E-state index in [1.54, 1.807) is 0 Å². The normalized spacial score (nSPS) is 27.6. The van der Waals surface area contributed by atoms with Crippen LogP contribution in [0.2, 0.25) is 0 Å². The van der Waals surface area contributed by atoms with E-state index in [4.69, 9.17) is 0 Å². The van der Waals surface area contributed by atoms with Crippen molar-refractivity contribution in [2.75, 3.05) is 23.5 Å². The van der Waals surface area contributed by atoms with E-state index in [1.165, 1.54) is 12.0 Å². The summed E-state index contributed by atoms with van der Waals surface area (Å²) in [5.41, 5.74) is 0.366. The lowest BCUT2D eigenvalue weighted by atomic mass is 9.87. The van der Waals surface area contributed by atoms with Crippen LogP contribution < -0.4 is 5.32 Å². The van der Waals surface area contributed by atoms with Gasteiger partial charge in [0.15, 0.2) is 0 Å². The van der Waals surface area contributed by atoms with Crippen molar-refractivity contribution in [2.24, 2.45) is 5.41 Å². The summed E-state index contributed by atoms with van der Waals surface area (Å²) in [6.07, 6.45) is 2.43. The third-order valence-electron chi connectivity index (χ3n) is 2.68. The van der Waals surface area contributed by atoms with Crippen molar-refractivity contribution in [3.8, 4) is 0 Å². The second-order valence-corrected chi connectivity index (χ2v) is 8.96. The summed E-state index contributed by atoms with van der Waals surface area (Å²) >= 11 is 1.96. The van der Waals surface area contributed by atoms with Gasteiger partial charge in [0.05, 0.1) is 5.75 Å². The van der Waals surface area contributed by atoms with E-state index in [9.17, 15) is 8.42 Å². The third-order valence-corrected chi connectivity index (χ3v) is 5.41. The van der Waals surface area contributed by atoms with Gasteiger partial charge < -0.3 is 5.32 Å². The maximum atomic E-state index is 11.2. The Bertz CT molecular complexity index is 325. The predicted octanol–water partition coefficient (Wildman–Crippen LogP) is 1.54. The van der Waals surface area contributed by atoms with Crippen LogP contribution in [0.25, 0.3) is 0 Å². The topological polar surface area (TPSA) is 46.2 Å². The molecule has 0 aromatic heterocycles. The zero-order valence-electron chi connectivity index (χ0n) is 10.6. The standard InChI is InChI=1S/C11H23NO2S2/c1-9(7-16(4,13)14)12-10-5-11(2,3)8-15-6-10/h9-10,12H,5-8H2,1-4H3. The van der Waals surface area contributed by atoms with Crippen LogP contribution >= 0.6 is 11.8 Å². The maximum Gasteiger partial charge on any atom is 0.148 e. The van der Waals surface area contributed by atoms with Crippen molar-refractivity contribution in [3.05, 3.63) is 0 Å². The van der Waals surface area contributed by atoms with Gasteiger partial charge in [-0.2, -0.15) is 11.8 Å². The van der Waals surface area contributed by atoms with E-state index >= 15 is 0 Å². The lowest BCUT2D eigenvalue weighted by Crippen LogP contribution is -2.46. The Hall–Kier alpha value is 0.260. The smallest absolute Gasteiger partial charge is 0.148 e. The van der Waals surface area contributed by atoms with Crippen molar-refractivity contribution in [3.63, 3.8) is 0 Å². The Morgan fingerprint density at radius 1 is 1.50 bits per heavy atom. The number of hydrogen-bond acceptors (Lipinski definition) is 4. The van der Waals surface area contributed by atoms with Crippen molar-refractivity contribution in [1.29, 1.82) is 0 Å². The summed E-state index contributed by atoms with van der Waals surface area (Å²) in [5.74, 6) is 2.53. The van der Waals surface area contributed by atoms with Gasteiger partial charge in [-0.1, -0.05) is 13.8 Å². The lowest BCUT2D eigenvalue weighted by Gasteiger charge is -2.36. The number of rotatable bonds is 4. The molecular formula is C11H23NO2S2. The molecule has 1 fully saturated rings. The highest BCUT2D eigenvalue weighted by Gasteiger charge is 2.29. The zero-order chi connectivity index (χ0) is 12.4. The van der Waals surface area contributed by atoms with Crippen LogP contribution in [-0.4, -0.2) is 44.0 Å². The van der Waals surface area contributed by atoms with Gasteiger partial charge in [-0.25, -0.2) is 8.42 Å². The Morgan fingerprint density at radius 2 is 2.12 bits per heavy atom. The van der Waals surface area contributed by atoms with Gasteiger partial charge in [0.25, 0.3) is 0 Å². The molecule has 1 saturated heterocycles. The highest BCUT2D eigenvalue weighted by Crippen LogP contribution is 2.33. The minimum Gasteiger partial charge on any atom is -0.310 e. The van der Waals surface area contributed by atoms with Crippen molar-refractivity contribution in [1.82, 2.24) is 5.32 Å². The molecule has 1 N–H and O–H groups in total. The van der Waals surface area contributed by atoms with Crippen molar-refractivity contribution < 1.29 is 8.42 Å². The molecule has 2 atom stereocenters. The molecule has 1 rings (SSSR count). The van der Waals surface area contributed by atoms with E-state index in [1.807, 2.05) is 18.7 Å². The Labute approximate surface area is 104 Å². The molecule has 5 heteroatoms. The second-order valence-electron chi connectivity index (χ2n) is 5.74. The molecule has 0 radical (unpaired) electrons. The van der Waals surface area contributed by atoms with Gasteiger partial charge in [0, 0.05) is 24.1 Å². The molecule has 96 valence electrons. The van der Waals surface area contributed by atoms with Crippen LogP contribution in [-0.2, 0) is 9.84 Å². The molecule has 1 aliphatic rings. The molecule has 0 bridgehead atoms. The molecule has 0 aromatic carbocycles. The largest absolute Gasteiger partial charge is 0.310 e. The minimum absolute atomic E-state index is 0.0505. The van der Waals surface area contributed by atoms with Gasteiger partial charge in [0.1, 0.15) is 9.84 Å². The predicted molar refractivity (Wildman–Crippen MR) is 71.8 cm³/mol. The summed E-state index contributed by atoms with van der Waals surface area (Å²) in [6.45, 7) is 6.50. The molecule has 0 saturated carbocycles. The van der Waals surface area contributed by atoms with E-state index in [-0.39, 0.29) is 11.8 Å². The Morgan fingerprint density at radius 3 is 2.62 bits per heavy atom. The number of hydrogen-bond donors (Lipinski definition) is 1. The molecule has 0 aromatic rings. The monoisotopic (exact) mass is 265 g/mol. The van der Waals surface area contributed by atoms with Gasteiger partial charge in [-0.15, -0.1) is 0 Å². The van der Waals surface area contributed by atoms with E-state index in [0.29, 0.717) is 11.5 Å². The summed E-state index contributed by atoms with van der Waals surface area (Å²) in [6, 6.07) is 0.500. The lowest BCUT2D eigenvalue weighted by molar-refractivity contribution is 0.308. The quantitative estimate of drug-likeness (QED) is 0.837.